The topological polar surface area (TPSA) is 57.7 Å². The van der Waals surface area contributed by atoms with Crippen molar-refractivity contribution in [3.63, 3.8) is 0 Å². The van der Waals surface area contributed by atoms with Gasteiger partial charge in [-0.3, -0.25) is 19.6 Å². The number of nitrogens with one attached hydrogen (secondary N) is 1. The summed E-state index contributed by atoms with van der Waals surface area (Å²) in [4.78, 5) is 21.8. The van der Waals surface area contributed by atoms with E-state index in [4.69, 9.17) is 4.74 Å². The number of hydrogen-bond acceptors (Lipinski definition) is 5. The quantitative estimate of drug-likeness (QED) is 0.763. The molecule has 0 aliphatic carbocycles. The van der Waals surface area contributed by atoms with Crippen LogP contribution >= 0.6 is 0 Å². The monoisotopic (exact) mass is 400 g/mol. The van der Waals surface area contributed by atoms with Crippen molar-refractivity contribution in [3.05, 3.63) is 24.0 Å². The average molecular weight is 401 g/mol. The number of carbonyl (C=O) groups excluding carboxylic acids is 1. The van der Waals surface area contributed by atoms with Crippen LogP contribution in [0.3, 0.4) is 0 Å². The Bertz CT molecular complexity index is 697. The number of pyridine rings is 1. The molecule has 4 rings (SSSR count). The predicted octanol–water partition coefficient (Wildman–Crippen LogP) is 2.68. The molecule has 3 fully saturated rings. The largest absolute Gasteiger partial charge is 0.495 e. The van der Waals surface area contributed by atoms with Gasteiger partial charge in [0.25, 0.3) is 0 Å². The molecular weight excluding hydrogens is 364 g/mol. The van der Waals surface area contributed by atoms with Crippen LogP contribution in [-0.2, 0) is 11.3 Å². The average Bonchev–Trinajstić information content (AvgIpc) is 2.74. The van der Waals surface area contributed by atoms with Crippen LogP contribution < -0.4 is 10.1 Å². The molecule has 160 valence electrons. The number of methoxy groups -OCH3 is 1. The summed E-state index contributed by atoms with van der Waals surface area (Å²) in [5.41, 5.74) is 1.22. The van der Waals surface area contributed by atoms with Gasteiger partial charge in [-0.25, -0.2) is 0 Å². The van der Waals surface area contributed by atoms with Crippen molar-refractivity contribution in [1.82, 2.24) is 20.1 Å². The van der Waals surface area contributed by atoms with E-state index in [0.717, 1.165) is 37.7 Å². The number of fused-ring (bicyclic) bond motifs is 4. The Morgan fingerprint density at radius 2 is 2.14 bits per heavy atom. The van der Waals surface area contributed by atoms with Gasteiger partial charge in [0.1, 0.15) is 5.75 Å². The molecule has 6 nitrogen and oxygen atoms in total. The maximum atomic E-state index is 12.1. The van der Waals surface area contributed by atoms with Crippen molar-refractivity contribution in [1.29, 1.82) is 0 Å². The van der Waals surface area contributed by atoms with Crippen LogP contribution in [0, 0.1) is 11.8 Å². The fourth-order valence-electron chi connectivity index (χ4n) is 5.87. The lowest BCUT2D eigenvalue weighted by atomic mass is 9.72. The Hall–Kier alpha value is -1.66. The molecule has 3 aliphatic rings. The molecule has 4 atom stereocenters. The highest BCUT2D eigenvalue weighted by molar-refractivity contribution is 5.75. The lowest BCUT2D eigenvalue weighted by molar-refractivity contribution is -0.122. The number of carbonyl (C=O) groups is 1. The molecule has 0 radical (unpaired) electrons. The molecule has 4 heterocycles. The molecule has 6 heteroatoms. The molecule has 0 unspecified atom stereocenters. The Labute approximate surface area is 175 Å². The maximum absolute atomic E-state index is 12.1. The van der Waals surface area contributed by atoms with Crippen LogP contribution in [0.15, 0.2) is 18.5 Å². The van der Waals surface area contributed by atoms with Crippen molar-refractivity contribution >= 4 is 5.91 Å². The first kappa shape index (κ1) is 20.6. The van der Waals surface area contributed by atoms with Gasteiger partial charge < -0.3 is 10.1 Å². The number of nitrogens with zero attached hydrogens (tertiary/aromatic N) is 3. The molecule has 3 aliphatic heterocycles. The summed E-state index contributed by atoms with van der Waals surface area (Å²) in [7, 11) is 1.70. The van der Waals surface area contributed by atoms with E-state index in [1.807, 2.05) is 6.20 Å². The Balaban J connectivity index is 1.46. The van der Waals surface area contributed by atoms with E-state index in [1.54, 1.807) is 13.3 Å². The number of hydrogen-bond donors (Lipinski definition) is 1. The van der Waals surface area contributed by atoms with Crippen molar-refractivity contribution < 1.29 is 9.53 Å². The van der Waals surface area contributed by atoms with Crippen molar-refractivity contribution in [3.8, 4) is 5.75 Å². The molecule has 1 aromatic heterocycles. The summed E-state index contributed by atoms with van der Waals surface area (Å²) in [5.74, 6) is 2.41. The summed E-state index contributed by atoms with van der Waals surface area (Å²) < 4.78 is 5.35. The van der Waals surface area contributed by atoms with Gasteiger partial charge in [-0.1, -0.05) is 13.3 Å². The maximum Gasteiger partial charge on any atom is 0.220 e. The first-order valence-corrected chi connectivity index (χ1v) is 11.4. The van der Waals surface area contributed by atoms with Crippen LogP contribution in [0.5, 0.6) is 5.75 Å². The number of amides is 1. The van der Waals surface area contributed by atoms with Crippen LogP contribution in [-0.4, -0.2) is 66.1 Å². The first-order chi connectivity index (χ1) is 14.2. The third kappa shape index (κ3) is 4.75. The summed E-state index contributed by atoms with van der Waals surface area (Å²) in [6.07, 6.45) is 10.5. The van der Waals surface area contributed by atoms with Gasteiger partial charge >= 0.3 is 0 Å². The Morgan fingerprint density at radius 1 is 1.28 bits per heavy atom. The third-order valence-corrected chi connectivity index (χ3v) is 7.09. The van der Waals surface area contributed by atoms with Gasteiger partial charge in [-0.05, 0) is 55.7 Å². The highest BCUT2D eigenvalue weighted by Gasteiger charge is 2.46. The van der Waals surface area contributed by atoms with Crippen LogP contribution in [0.1, 0.15) is 51.0 Å². The van der Waals surface area contributed by atoms with E-state index >= 15 is 0 Å². The highest BCUT2D eigenvalue weighted by Crippen LogP contribution is 2.41. The lowest BCUT2D eigenvalue weighted by Crippen LogP contribution is -2.65. The van der Waals surface area contributed by atoms with Crippen molar-refractivity contribution in [2.45, 2.75) is 64.1 Å². The third-order valence-electron chi connectivity index (χ3n) is 7.09. The smallest absolute Gasteiger partial charge is 0.220 e. The fraction of sp³-hybridized carbons (Fsp3) is 0.739. The normalized spacial score (nSPS) is 29.9. The minimum Gasteiger partial charge on any atom is -0.495 e. The summed E-state index contributed by atoms with van der Waals surface area (Å²) >= 11 is 0. The first-order valence-electron chi connectivity index (χ1n) is 11.4. The molecule has 0 saturated carbocycles. The van der Waals surface area contributed by atoms with Gasteiger partial charge in [-0.2, -0.15) is 0 Å². The number of ether oxygens (including phenoxy) is 1. The fourth-order valence-corrected chi connectivity index (χ4v) is 5.87. The lowest BCUT2D eigenvalue weighted by Gasteiger charge is -2.57. The Morgan fingerprint density at radius 3 is 2.97 bits per heavy atom. The molecule has 1 aromatic rings. The summed E-state index contributed by atoms with van der Waals surface area (Å²) in [5, 5.41) is 3.24. The molecule has 2 bridgehead atoms. The molecular formula is C23H36N4O2. The number of likely N-dealkylation sites (tertiary alicyclic amines) is 1. The second-order valence-electron chi connectivity index (χ2n) is 9.11. The SMILES string of the molecule is CCCC(=O)NC[C@H]1[C@H]2C[C@H](CN(Cc3cncc(OC)c3)C2)[C@@H]2CCCCN21. The van der Waals surface area contributed by atoms with E-state index < -0.39 is 0 Å². The second-order valence-corrected chi connectivity index (χ2v) is 9.11. The van der Waals surface area contributed by atoms with Crippen LogP contribution in [0.4, 0.5) is 0 Å². The summed E-state index contributed by atoms with van der Waals surface area (Å²) in [6.45, 7) is 7.28. The van der Waals surface area contributed by atoms with Gasteiger partial charge in [-0.15, -0.1) is 0 Å². The minimum atomic E-state index is 0.207. The van der Waals surface area contributed by atoms with Gasteiger partial charge in [0.2, 0.25) is 5.91 Å². The summed E-state index contributed by atoms with van der Waals surface area (Å²) in [6, 6.07) is 3.26. The van der Waals surface area contributed by atoms with E-state index in [1.165, 1.54) is 44.3 Å². The number of rotatable bonds is 7. The number of piperidine rings is 3. The Kier molecular flexibility index (Phi) is 6.70. The molecule has 0 aromatic carbocycles. The zero-order valence-electron chi connectivity index (χ0n) is 18.0. The van der Waals surface area contributed by atoms with Crippen molar-refractivity contribution in [2.75, 3.05) is 33.3 Å². The van der Waals surface area contributed by atoms with Gasteiger partial charge in [0, 0.05) is 50.9 Å². The van der Waals surface area contributed by atoms with Gasteiger partial charge in [0.05, 0.1) is 13.3 Å². The van der Waals surface area contributed by atoms with Crippen molar-refractivity contribution in [2.24, 2.45) is 11.8 Å². The minimum absolute atomic E-state index is 0.207. The van der Waals surface area contributed by atoms with Crippen LogP contribution in [0.2, 0.25) is 0 Å². The highest BCUT2D eigenvalue weighted by atomic mass is 16.5. The van der Waals surface area contributed by atoms with E-state index in [0.29, 0.717) is 24.4 Å². The predicted molar refractivity (Wildman–Crippen MR) is 114 cm³/mol. The zero-order chi connectivity index (χ0) is 20.2. The molecule has 1 amide bonds. The van der Waals surface area contributed by atoms with E-state index in [-0.39, 0.29) is 5.91 Å². The van der Waals surface area contributed by atoms with E-state index in [9.17, 15) is 4.79 Å². The molecule has 1 N–H and O–H groups in total. The second kappa shape index (κ2) is 9.43. The number of aromatic nitrogens is 1. The molecule has 29 heavy (non-hydrogen) atoms. The van der Waals surface area contributed by atoms with Gasteiger partial charge in [0.15, 0.2) is 0 Å². The molecule has 3 saturated heterocycles. The van der Waals surface area contributed by atoms with E-state index in [2.05, 4.69) is 33.1 Å². The zero-order valence-corrected chi connectivity index (χ0v) is 18.0. The van der Waals surface area contributed by atoms with Crippen LogP contribution in [0.25, 0.3) is 0 Å². The standard InChI is InChI=1S/C23H36N4O2/c1-3-6-23(28)25-13-22-19-10-18(21-7-4-5-8-27(21)22)15-26(16-19)14-17-9-20(29-2)12-24-11-17/h9,11-12,18-19,21-22H,3-8,10,13-16H2,1-2H3,(H,25,28)/t18-,19+,21+,22+/m1/s1. The molecule has 0 spiro atoms.